The van der Waals surface area contributed by atoms with E-state index in [4.69, 9.17) is 0 Å². The molecule has 0 unspecified atom stereocenters. The highest BCUT2D eigenvalue weighted by Gasteiger charge is 2.14. The monoisotopic (exact) mass is 336 g/mol. The second kappa shape index (κ2) is 7.25. The van der Waals surface area contributed by atoms with E-state index in [2.05, 4.69) is 28.9 Å². The number of aldehydes is 1. The van der Waals surface area contributed by atoms with E-state index in [0.29, 0.717) is 18.4 Å². The molecule has 0 spiro atoms. The molecule has 0 amide bonds. The van der Waals surface area contributed by atoms with E-state index in [1.165, 1.54) is 6.07 Å². The smallest absolute Gasteiger partial charge is 0.248 e. The van der Waals surface area contributed by atoms with Crippen LogP contribution in [-0.2, 0) is 12.8 Å². The van der Waals surface area contributed by atoms with Crippen LogP contribution in [0.5, 0.6) is 0 Å². The summed E-state index contributed by atoms with van der Waals surface area (Å²) in [4.78, 5) is 29.7. The van der Waals surface area contributed by atoms with E-state index in [9.17, 15) is 9.59 Å². The van der Waals surface area contributed by atoms with E-state index < -0.39 is 0 Å². The van der Waals surface area contributed by atoms with Crippen molar-refractivity contribution in [3.05, 3.63) is 69.9 Å². The lowest BCUT2D eigenvalue weighted by atomic mass is 10.00. The van der Waals surface area contributed by atoms with Crippen molar-refractivity contribution in [2.45, 2.75) is 32.7 Å². The fraction of sp³-hybridized carbons (Fsp3) is 0.263. The van der Waals surface area contributed by atoms with Crippen molar-refractivity contribution in [3.63, 3.8) is 0 Å². The number of aryl methyl sites for hydroxylation is 2. The molecule has 6 nitrogen and oxygen atoms in total. The predicted octanol–water partition coefficient (Wildman–Crippen LogP) is 2.81. The summed E-state index contributed by atoms with van der Waals surface area (Å²) in [6, 6.07) is 7.47. The Morgan fingerprint density at radius 3 is 2.76 bits per heavy atom. The minimum atomic E-state index is -0.270. The van der Waals surface area contributed by atoms with Gasteiger partial charge in [0.25, 0.3) is 0 Å². The van der Waals surface area contributed by atoms with Gasteiger partial charge in [-0.2, -0.15) is 5.10 Å². The number of pyridine rings is 2. The Labute approximate surface area is 145 Å². The van der Waals surface area contributed by atoms with Gasteiger partial charge in [-0.3, -0.25) is 19.3 Å². The van der Waals surface area contributed by atoms with Gasteiger partial charge in [0.15, 0.2) is 6.29 Å². The van der Waals surface area contributed by atoms with Gasteiger partial charge >= 0.3 is 0 Å². The summed E-state index contributed by atoms with van der Waals surface area (Å²) < 4.78 is 1.95. The number of hydrogen-bond acceptors (Lipinski definition) is 4. The maximum absolute atomic E-state index is 11.4. The number of rotatable bonds is 6. The van der Waals surface area contributed by atoms with Crippen LogP contribution in [0, 0.1) is 0 Å². The van der Waals surface area contributed by atoms with Gasteiger partial charge in [0.1, 0.15) is 0 Å². The number of carbonyl (C=O) groups excluding carboxylic acids is 1. The Morgan fingerprint density at radius 1 is 1.20 bits per heavy atom. The topological polar surface area (TPSA) is 80.6 Å². The molecule has 0 bridgehead atoms. The van der Waals surface area contributed by atoms with Crippen molar-refractivity contribution in [3.8, 4) is 11.4 Å². The molecular formula is C19H20N4O2. The van der Waals surface area contributed by atoms with Crippen LogP contribution in [0.4, 0.5) is 0 Å². The van der Waals surface area contributed by atoms with E-state index in [0.717, 1.165) is 28.8 Å². The maximum Gasteiger partial charge on any atom is 0.248 e. The van der Waals surface area contributed by atoms with Gasteiger partial charge in [0, 0.05) is 36.3 Å². The first-order chi connectivity index (χ1) is 12.1. The third-order valence-electron chi connectivity index (χ3n) is 4.13. The van der Waals surface area contributed by atoms with E-state index in [-0.39, 0.29) is 11.6 Å². The third-order valence-corrected chi connectivity index (χ3v) is 4.13. The SMILES string of the molecule is CC(C)n1nccc1-c1ncccc1CCc1c[nH]c(=O)cc1C=O. The van der Waals surface area contributed by atoms with Crippen LogP contribution in [0.2, 0.25) is 0 Å². The zero-order chi connectivity index (χ0) is 17.8. The van der Waals surface area contributed by atoms with Crippen LogP contribution >= 0.6 is 0 Å². The first-order valence-electron chi connectivity index (χ1n) is 8.24. The van der Waals surface area contributed by atoms with Crippen LogP contribution in [-0.4, -0.2) is 26.0 Å². The summed E-state index contributed by atoms with van der Waals surface area (Å²) in [6.45, 7) is 4.16. The van der Waals surface area contributed by atoms with Crippen LogP contribution in [0.15, 0.2) is 47.7 Å². The van der Waals surface area contributed by atoms with Crippen molar-refractivity contribution < 1.29 is 4.79 Å². The Bertz CT molecular complexity index is 940. The highest BCUT2D eigenvalue weighted by Crippen LogP contribution is 2.24. The molecule has 1 N–H and O–H groups in total. The molecule has 0 radical (unpaired) electrons. The number of aromatic amines is 1. The first kappa shape index (κ1) is 16.8. The molecule has 0 atom stereocenters. The van der Waals surface area contributed by atoms with Gasteiger partial charge in [-0.1, -0.05) is 6.07 Å². The third kappa shape index (κ3) is 3.57. The van der Waals surface area contributed by atoms with Gasteiger partial charge in [-0.05, 0) is 49.9 Å². The number of aromatic nitrogens is 4. The van der Waals surface area contributed by atoms with Crippen LogP contribution in [0.3, 0.4) is 0 Å². The molecule has 0 fully saturated rings. The molecule has 0 aliphatic rings. The lowest BCUT2D eigenvalue weighted by Crippen LogP contribution is -2.09. The summed E-state index contributed by atoms with van der Waals surface area (Å²) in [5, 5.41) is 4.38. The van der Waals surface area contributed by atoms with Crippen LogP contribution in [0.1, 0.15) is 41.4 Å². The molecule has 3 aromatic heterocycles. The highest BCUT2D eigenvalue weighted by molar-refractivity contribution is 5.76. The van der Waals surface area contributed by atoms with Gasteiger partial charge in [-0.15, -0.1) is 0 Å². The van der Waals surface area contributed by atoms with Gasteiger partial charge in [0.05, 0.1) is 11.4 Å². The molecule has 6 heteroatoms. The normalized spacial score (nSPS) is 11.0. The maximum atomic E-state index is 11.4. The summed E-state index contributed by atoms with van der Waals surface area (Å²) in [5.41, 5.74) is 3.93. The van der Waals surface area contributed by atoms with Crippen molar-refractivity contribution in [2.75, 3.05) is 0 Å². The number of H-pyrrole nitrogens is 1. The molecule has 0 aliphatic heterocycles. The zero-order valence-electron chi connectivity index (χ0n) is 14.3. The summed E-state index contributed by atoms with van der Waals surface area (Å²) in [7, 11) is 0. The summed E-state index contributed by atoms with van der Waals surface area (Å²) >= 11 is 0. The average molecular weight is 336 g/mol. The van der Waals surface area contributed by atoms with Crippen molar-refractivity contribution in [1.29, 1.82) is 0 Å². The van der Waals surface area contributed by atoms with E-state index in [1.807, 2.05) is 22.9 Å². The molecule has 128 valence electrons. The predicted molar refractivity (Wildman–Crippen MR) is 95.7 cm³/mol. The fourth-order valence-corrected chi connectivity index (χ4v) is 2.90. The second-order valence-electron chi connectivity index (χ2n) is 6.16. The lowest BCUT2D eigenvalue weighted by molar-refractivity contribution is 0.112. The largest absolute Gasteiger partial charge is 0.329 e. The summed E-state index contributed by atoms with van der Waals surface area (Å²) in [5.74, 6) is 0. The first-order valence-corrected chi connectivity index (χ1v) is 8.24. The Kier molecular flexibility index (Phi) is 4.88. The van der Waals surface area contributed by atoms with Crippen molar-refractivity contribution >= 4 is 6.29 Å². The minimum Gasteiger partial charge on any atom is -0.329 e. The van der Waals surface area contributed by atoms with Gasteiger partial charge < -0.3 is 4.98 Å². The number of hydrogen-bond donors (Lipinski definition) is 1. The summed E-state index contributed by atoms with van der Waals surface area (Å²) in [6.07, 6.45) is 7.23. The zero-order valence-corrected chi connectivity index (χ0v) is 14.3. The van der Waals surface area contributed by atoms with Crippen molar-refractivity contribution in [2.24, 2.45) is 0 Å². The van der Waals surface area contributed by atoms with Crippen molar-refractivity contribution in [1.82, 2.24) is 19.7 Å². The second-order valence-corrected chi connectivity index (χ2v) is 6.16. The minimum absolute atomic E-state index is 0.237. The quantitative estimate of drug-likeness (QED) is 0.702. The fourth-order valence-electron chi connectivity index (χ4n) is 2.90. The average Bonchev–Trinajstić information content (AvgIpc) is 3.10. The Balaban J connectivity index is 1.91. The Hall–Kier alpha value is -3.02. The van der Waals surface area contributed by atoms with Crippen LogP contribution < -0.4 is 5.56 Å². The van der Waals surface area contributed by atoms with Gasteiger partial charge in [-0.25, -0.2) is 0 Å². The molecule has 25 heavy (non-hydrogen) atoms. The van der Waals surface area contributed by atoms with Crippen LogP contribution in [0.25, 0.3) is 11.4 Å². The molecule has 3 aromatic rings. The molecule has 0 aromatic carbocycles. The van der Waals surface area contributed by atoms with E-state index >= 15 is 0 Å². The van der Waals surface area contributed by atoms with E-state index in [1.54, 1.807) is 18.6 Å². The molecular weight excluding hydrogens is 316 g/mol. The molecule has 3 heterocycles. The number of carbonyl (C=O) groups is 1. The van der Waals surface area contributed by atoms with Gasteiger partial charge in [0.2, 0.25) is 5.56 Å². The molecule has 3 rings (SSSR count). The number of nitrogens with one attached hydrogen (secondary N) is 1. The molecule has 0 aliphatic carbocycles. The number of nitrogens with zero attached hydrogens (tertiary/aromatic N) is 3. The molecule has 0 saturated heterocycles. The lowest BCUT2D eigenvalue weighted by Gasteiger charge is -2.13. The Morgan fingerprint density at radius 2 is 2.00 bits per heavy atom. The standard InChI is InChI=1S/C19H20N4O2/c1-13(2)23-17(7-9-22-23)19-14(4-3-8-20-19)5-6-15-11-21-18(25)10-16(15)12-24/h3-4,7-13H,5-6H2,1-2H3,(H,21,25). The highest BCUT2D eigenvalue weighted by atomic mass is 16.1. The molecule has 0 saturated carbocycles.